The summed E-state index contributed by atoms with van der Waals surface area (Å²) < 4.78 is 5.84. The molecule has 0 aromatic heterocycles. The molecule has 1 saturated heterocycles. The van der Waals surface area contributed by atoms with Crippen LogP contribution in [0.1, 0.15) is 45.4 Å². The van der Waals surface area contributed by atoms with Gasteiger partial charge in [-0.05, 0) is 45.1 Å². The number of likely N-dealkylation sites (tertiary alicyclic amines) is 1. The Labute approximate surface area is 122 Å². The number of carbonyl (C=O) groups excluding carboxylic acids is 1. The quantitative estimate of drug-likeness (QED) is 0.659. The highest BCUT2D eigenvalue weighted by atomic mass is 16.5. The second-order valence-corrected chi connectivity index (χ2v) is 6.12. The molecule has 0 bridgehead atoms. The summed E-state index contributed by atoms with van der Waals surface area (Å²) in [4.78, 5) is 13.9. The van der Waals surface area contributed by atoms with E-state index in [4.69, 9.17) is 10.5 Å². The van der Waals surface area contributed by atoms with Crippen LogP contribution in [0.15, 0.2) is 0 Å². The predicted octanol–water partition coefficient (Wildman–Crippen LogP) is 0.873. The predicted molar refractivity (Wildman–Crippen MR) is 79.5 cm³/mol. The van der Waals surface area contributed by atoms with Crippen molar-refractivity contribution in [2.45, 2.75) is 63.6 Å². The van der Waals surface area contributed by atoms with Crippen molar-refractivity contribution >= 4 is 5.91 Å². The number of primary amides is 1. The fraction of sp³-hybridized carbons (Fsp3) is 0.933. The van der Waals surface area contributed by atoms with E-state index < -0.39 is 0 Å². The van der Waals surface area contributed by atoms with Gasteiger partial charge in [0.2, 0.25) is 5.91 Å². The summed E-state index contributed by atoms with van der Waals surface area (Å²) in [6.45, 7) is 6.03. The monoisotopic (exact) mass is 283 g/mol. The normalized spacial score (nSPS) is 25.6. The maximum Gasteiger partial charge on any atom is 0.234 e. The number of nitrogens with zero attached hydrogens (tertiary/aromatic N) is 1. The van der Waals surface area contributed by atoms with Crippen molar-refractivity contribution in [1.29, 1.82) is 0 Å². The standard InChI is InChI=1S/C15H29N3O2/c1-2-10-20-13-4-3-8-18(11-13)9-7-14(15(16)19)17-12-5-6-12/h12-14,17H,2-11H2,1H3,(H2,16,19). The maximum absolute atomic E-state index is 11.5. The van der Waals surface area contributed by atoms with Gasteiger partial charge in [-0.15, -0.1) is 0 Å². The highest BCUT2D eigenvalue weighted by Gasteiger charge is 2.28. The van der Waals surface area contributed by atoms with Crippen LogP contribution >= 0.6 is 0 Å². The van der Waals surface area contributed by atoms with Crippen molar-refractivity contribution in [2.75, 3.05) is 26.2 Å². The maximum atomic E-state index is 11.5. The molecular weight excluding hydrogens is 254 g/mol. The molecule has 5 nitrogen and oxygen atoms in total. The zero-order valence-corrected chi connectivity index (χ0v) is 12.6. The van der Waals surface area contributed by atoms with Crippen LogP contribution in [0.25, 0.3) is 0 Å². The zero-order valence-electron chi connectivity index (χ0n) is 12.6. The minimum atomic E-state index is -0.215. The Balaban J connectivity index is 1.69. The van der Waals surface area contributed by atoms with Crippen LogP contribution in [0.2, 0.25) is 0 Å². The molecule has 2 aliphatic rings. The molecule has 2 unspecified atom stereocenters. The number of piperidine rings is 1. The molecule has 3 N–H and O–H groups in total. The topological polar surface area (TPSA) is 67.6 Å². The number of nitrogens with one attached hydrogen (secondary N) is 1. The summed E-state index contributed by atoms with van der Waals surface area (Å²) in [6, 6.07) is 0.355. The first-order valence-corrected chi connectivity index (χ1v) is 8.08. The van der Waals surface area contributed by atoms with E-state index in [1.807, 2.05) is 0 Å². The van der Waals surface area contributed by atoms with Gasteiger partial charge in [0.1, 0.15) is 0 Å². The van der Waals surface area contributed by atoms with Crippen LogP contribution < -0.4 is 11.1 Å². The van der Waals surface area contributed by atoms with Gasteiger partial charge in [0.25, 0.3) is 0 Å². The Morgan fingerprint density at radius 1 is 1.45 bits per heavy atom. The van der Waals surface area contributed by atoms with Gasteiger partial charge >= 0.3 is 0 Å². The third-order valence-electron chi connectivity index (χ3n) is 4.11. The largest absolute Gasteiger partial charge is 0.377 e. The van der Waals surface area contributed by atoms with Crippen LogP contribution in [0.3, 0.4) is 0 Å². The van der Waals surface area contributed by atoms with E-state index in [0.717, 1.165) is 45.5 Å². The first-order chi connectivity index (χ1) is 9.69. The van der Waals surface area contributed by atoms with Gasteiger partial charge in [-0.1, -0.05) is 6.92 Å². The van der Waals surface area contributed by atoms with Crippen LogP contribution in [0.5, 0.6) is 0 Å². The molecule has 5 heteroatoms. The molecule has 1 saturated carbocycles. The van der Waals surface area contributed by atoms with Gasteiger partial charge in [0.05, 0.1) is 12.1 Å². The van der Waals surface area contributed by atoms with Crippen LogP contribution in [-0.2, 0) is 9.53 Å². The molecule has 0 spiro atoms. The van der Waals surface area contributed by atoms with E-state index in [9.17, 15) is 4.79 Å². The summed E-state index contributed by atoms with van der Waals surface area (Å²) in [6.07, 6.45) is 6.97. The van der Waals surface area contributed by atoms with Gasteiger partial charge in [-0.2, -0.15) is 0 Å². The molecule has 0 aromatic rings. The van der Waals surface area contributed by atoms with Crippen LogP contribution in [-0.4, -0.2) is 55.2 Å². The van der Waals surface area contributed by atoms with Gasteiger partial charge < -0.3 is 20.7 Å². The Kier molecular flexibility index (Phi) is 6.26. The second kappa shape index (κ2) is 7.96. The van der Waals surface area contributed by atoms with Crippen molar-refractivity contribution < 1.29 is 9.53 Å². The van der Waals surface area contributed by atoms with E-state index in [0.29, 0.717) is 12.1 Å². The Bertz CT molecular complexity index is 307. The molecule has 1 aliphatic carbocycles. The molecule has 1 aliphatic heterocycles. The van der Waals surface area contributed by atoms with E-state index >= 15 is 0 Å². The Morgan fingerprint density at radius 2 is 2.25 bits per heavy atom. The molecule has 116 valence electrons. The van der Waals surface area contributed by atoms with E-state index in [-0.39, 0.29) is 11.9 Å². The van der Waals surface area contributed by atoms with Crippen molar-refractivity contribution in [3.05, 3.63) is 0 Å². The summed E-state index contributed by atoms with van der Waals surface area (Å²) in [5, 5.41) is 3.34. The summed E-state index contributed by atoms with van der Waals surface area (Å²) in [5.41, 5.74) is 5.48. The number of hydrogen-bond acceptors (Lipinski definition) is 4. The van der Waals surface area contributed by atoms with Gasteiger partial charge in [0.15, 0.2) is 0 Å². The van der Waals surface area contributed by atoms with E-state index in [1.54, 1.807) is 0 Å². The highest BCUT2D eigenvalue weighted by Crippen LogP contribution is 2.20. The molecule has 0 radical (unpaired) electrons. The number of rotatable bonds is 9. The number of amides is 1. The van der Waals surface area contributed by atoms with E-state index in [1.165, 1.54) is 19.3 Å². The molecule has 2 fully saturated rings. The lowest BCUT2D eigenvalue weighted by Crippen LogP contribution is -2.46. The first kappa shape index (κ1) is 15.7. The Morgan fingerprint density at radius 3 is 2.90 bits per heavy atom. The zero-order chi connectivity index (χ0) is 14.4. The summed E-state index contributed by atoms with van der Waals surface area (Å²) >= 11 is 0. The lowest BCUT2D eigenvalue weighted by molar-refractivity contribution is -0.120. The molecule has 20 heavy (non-hydrogen) atoms. The SMILES string of the molecule is CCCOC1CCCN(CCC(NC2CC2)C(N)=O)C1. The molecule has 0 aromatic carbocycles. The lowest BCUT2D eigenvalue weighted by Gasteiger charge is -2.33. The molecular formula is C15H29N3O2. The molecule has 1 heterocycles. The number of carbonyl (C=O) groups is 1. The fourth-order valence-corrected chi connectivity index (χ4v) is 2.79. The molecule has 2 atom stereocenters. The summed E-state index contributed by atoms with van der Waals surface area (Å²) in [5.74, 6) is -0.215. The minimum absolute atomic E-state index is 0.167. The lowest BCUT2D eigenvalue weighted by atomic mass is 10.1. The van der Waals surface area contributed by atoms with Gasteiger partial charge in [-0.3, -0.25) is 4.79 Å². The third-order valence-corrected chi connectivity index (χ3v) is 4.11. The number of hydrogen-bond donors (Lipinski definition) is 2. The number of nitrogens with two attached hydrogens (primary N) is 1. The van der Waals surface area contributed by atoms with Crippen molar-refractivity contribution in [3.8, 4) is 0 Å². The van der Waals surface area contributed by atoms with Crippen molar-refractivity contribution in [2.24, 2.45) is 5.73 Å². The molecule has 2 rings (SSSR count). The van der Waals surface area contributed by atoms with Crippen molar-refractivity contribution in [1.82, 2.24) is 10.2 Å². The smallest absolute Gasteiger partial charge is 0.234 e. The third kappa shape index (κ3) is 5.38. The van der Waals surface area contributed by atoms with E-state index in [2.05, 4.69) is 17.1 Å². The average Bonchev–Trinajstić information content (AvgIpc) is 3.25. The minimum Gasteiger partial charge on any atom is -0.377 e. The second-order valence-electron chi connectivity index (χ2n) is 6.12. The van der Waals surface area contributed by atoms with Gasteiger partial charge in [-0.25, -0.2) is 0 Å². The average molecular weight is 283 g/mol. The fourth-order valence-electron chi connectivity index (χ4n) is 2.79. The number of ether oxygens (including phenoxy) is 1. The van der Waals surface area contributed by atoms with Crippen LogP contribution in [0.4, 0.5) is 0 Å². The molecule has 1 amide bonds. The van der Waals surface area contributed by atoms with Crippen LogP contribution in [0, 0.1) is 0 Å². The van der Waals surface area contributed by atoms with Crippen molar-refractivity contribution in [3.63, 3.8) is 0 Å². The first-order valence-electron chi connectivity index (χ1n) is 8.08. The highest BCUT2D eigenvalue weighted by molar-refractivity contribution is 5.79. The summed E-state index contributed by atoms with van der Waals surface area (Å²) in [7, 11) is 0. The van der Waals surface area contributed by atoms with Gasteiger partial charge in [0, 0.05) is 25.7 Å². The Hall–Kier alpha value is -0.650.